The van der Waals surface area contributed by atoms with E-state index in [1.165, 1.54) is 0 Å². The van der Waals surface area contributed by atoms with Gasteiger partial charge in [0.1, 0.15) is 5.82 Å². The van der Waals surface area contributed by atoms with Crippen molar-refractivity contribution in [2.24, 2.45) is 5.73 Å². The summed E-state index contributed by atoms with van der Waals surface area (Å²) in [6, 6.07) is 3.74. The Bertz CT molecular complexity index is 486. The molecule has 1 amide bonds. The zero-order valence-corrected chi connectivity index (χ0v) is 11.6. The Morgan fingerprint density at radius 1 is 1.35 bits per heavy atom. The second kappa shape index (κ2) is 6.23. The number of rotatable bonds is 2. The van der Waals surface area contributed by atoms with Gasteiger partial charge < -0.3 is 20.9 Å². The number of guanidine groups is 1. The van der Waals surface area contributed by atoms with Gasteiger partial charge in [-0.3, -0.25) is 10.2 Å². The summed E-state index contributed by atoms with van der Waals surface area (Å²) < 4.78 is 0. The van der Waals surface area contributed by atoms with Crippen LogP contribution in [0.25, 0.3) is 0 Å². The predicted octanol–water partition coefficient (Wildman–Crippen LogP) is 0.446. The van der Waals surface area contributed by atoms with Crippen LogP contribution in [0.1, 0.15) is 13.3 Å². The minimum absolute atomic E-state index is 0.128. The molecule has 1 aliphatic rings. The van der Waals surface area contributed by atoms with E-state index in [-0.39, 0.29) is 11.9 Å². The summed E-state index contributed by atoms with van der Waals surface area (Å²) in [6.45, 7) is 4.87. The molecule has 1 aliphatic heterocycles. The molecule has 7 heteroatoms. The molecule has 1 fully saturated rings. The Kier molecular flexibility index (Phi) is 4.39. The highest BCUT2D eigenvalue weighted by Crippen LogP contribution is 2.17. The van der Waals surface area contributed by atoms with Gasteiger partial charge in [0, 0.05) is 33.1 Å². The van der Waals surface area contributed by atoms with Crippen molar-refractivity contribution in [3.05, 3.63) is 18.3 Å². The van der Waals surface area contributed by atoms with E-state index in [4.69, 9.17) is 11.1 Å². The number of aromatic nitrogens is 1. The van der Waals surface area contributed by atoms with Crippen LogP contribution in [0.2, 0.25) is 0 Å². The first-order chi connectivity index (χ1) is 9.56. The summed E-state index contributed by atoms with van der Waals surface area (Å²) >= 11 is 0. The second-order valence-electron chi connectivity index (χ2n) is 4.79. The fourth-order valence-corrected chi connectivity index (χ4v) is 2.28. The van der Waals surface area contributed by atoms with Gasteiger partial charge in [-0.2, -0.15) is 0 Å². The number of amides is 1. The highest BCUT2D eigenvalue weighted by molar-refractivity contribution is 5.88. The lowest BCUT2D eigenvalue weighted by Gasteiger charge is -2.23. The molecule has 0 atom stereocenters. The van der Waals surface area contributed by atoms with Crippen LogP contribution in [-0.4, -0.2) is 47.9 Å². The zero-order chi connectivity index (χ0) is 14.5. The number of carbonyl (C=O) groups excluding carboxylic acids is 1. The molecular formula is C13H20N6O. The topological polar surface area (TPSA) is 98.3 Å². The maximum atomic E-state index is 11.4. The molecule has 0 aliphatic carbocycles. The van der Waals surface area contributed by atoms with Crippen molar-refractivity contribution >= 4 is 23.4 Å². The molecule has 0 bridgehead atoms. The minimum Gasteiger partial charge on any atom is -0.370 e. The van der Waals surface area contributed by atoms with E-state index in [1.54, 1.807) is 19.2 Å². The predicted molar refractivity (Wildman–Crippen MR) is 78.9 cm³/mol. The van der Waals surface area contributed by atoms with Gasteiger partial charge in [0.05, 0.1) is 11.9 Å². The number of hydrogen-bond donors (Lipinski definition) is 3. The monoisotopic (exact) mass is 276 g/mol. The third-order valence-electron chi connectivity index (χ3n) is 3.32. The summed E-state index contributed by atoms with van der Waals surface area (Å²) in [4.78, 5) is 19.7. The Hall–Kier alpha value is -2.31. The number of hydrogen-bond acceptors (Lipinski definition) is 4. The number of nitrogens with two attached hydrogens (primary N) is 1. The van der Waals surface area contributed by atoms with Crippen molar-refractivity contribution in [2.75, 3.05) is 36.4 Å². The van der Waals surface area contributed by atoms with Crippen LogP contribution in [0.15, 0.2) is 18.3 Å². The van der Waals surface area contributed by atoms with Gasteiger partial charge in [-0.25, -0.2) is 4.98 Å². The van der Waals surface area contributed by atoms with Crippen molar-refractivity contribution in [1.29, 1.82) is 5.41 Å². The van der Waals surface area contributed by atoms with Crippen LogP contribution in [0.4, 0.5) is 11.5 Å². The fourth-order valence-electron chi connectivity index (χ4n) is 2.28. The number of anilines is 2. The molecule has 1 aromatic rings. The summed E-state index contributed by atoms with van der Waals surface area (Å²) in [6.07, 6.45) is 2.71. The van der Waals surface area contributed by atoms with Crippen molar-refractivity contribution in [3.8, 4) is 0 Å². The molecule has 0 unspecified atom stereocenters. The summed E-state index contributed by atoms with van der Waals surface area (Å²) in [5, 5.41) is 9.80. The molecule has 0 radical (unpaired) electrons. The minimum atomic E-state index is -0.128. The van der Waals surface area contributed by atoms with Crippen LogP contribution in [-0.2, 0) is 4.79 Å². The lowest BCUT2D eigenvalue weighted by molar-refractivity contribution is -0.128. The molecule has 0 spiro atoms. The third kappa shape index (κ3) is 3.59. The fraction of sp³-hybridized carbons (Fsp3) is 0.462. The average molecular weight is 276 g/mol. The lowest BCUT2D eigenvalue weighted by atomic mass is 10.3. The number of carbonyl (C=O) groups is 1. The third-order valence-corrected chi connectivity index (χ3v) is 3.32. The highest BCUT2D eigenvalue weighted by Gasteiger charge is 2.16. The normalized spacial score (nSPS) is 15.7. The second-order valence-corrected chi connectivity index (χ2v) is 4.79. The SMILES string of the molecule is CC(=O)N1CCCN(c2ccc(NC(=N)N)nc2)CC1. The number of pyridine rings is 1. The Morgan fingerprint density at radius 2 is 2.15 bits per heavy atom. The molecule has 2 rings (SSSR count). The Morgan fingerprint density at radius 3 is 2.75 bits per heavy atom. The Balaban J connectivity index is 2.00. The van der Waals surface area contributed by atoms with Crippen molar-refractivity contribution < 1.29 is 4.79 Å². The van der Waals surface area contributed by atoms with Gasteiger partial charge >= 0.3 is 0 Å². The highest BCUT2D eigenvalue weighted by atomic mass is 16.2. The number of nitrogens with one attached hydrogen (secondary N) is 2. The molecule has 0 aromatic carbocycles. The van der Waals surface area contributed by atoms with Gasteiger partial charge in [-0.05, 0) is 18.6 Å². The van der Waals surface area contributed by atoms with E-state index >= 15 is 0 Å². The summed E-state index contributed by atoms with van der Waals surface area (Å²) in [5.41, 5.74) is 6.27. The van der Waals surface area contributed by atoms with Crippen LogP contribution in [0.5, 0.6) is 0 Å². The molecule has 1 saturated heterocycles. The van der Waals surface area contributed by atoms with Gasteiger partial charge in [-0.1, -0.05) is 0 Å². The molecule has 1 aromatic heterocycles. The largest absolute Gasteiger partial charge is 0.370 e. The zero-order valence-electron chi connectivity index (χ0n) is 11.6. The van der Waals surface area contributed by atoms with E-state index < -0.39 is 0 Å². The van der Waals surface area contributed by atoms with Crippen molar-refractivity contribution in [3.63, 3.8) is 0 Å². The summed E-state index contributed by atoms with van der Waals surface area (Å²) in [5.74, 6) is 0.560. The molecule has 0 saturated carbocycles. The van der Waals surface area contributed by atoms with Gasteiger partial charge in [0.25, 0.3) is 0 Å². The van der Waals surface area contributed by atoms with E-state index in [9.17, 15) is 4.79 Å². The van der Waals surface area contributed by atoms with Crippen LogP contribution < -0.4 is 16.0 Å². The summed E-state index contributed by atoms with van der Waals surface area (Å²) in [7, 11) is 0. The van der Waals surface area contributed by atoms with Gasteiger partial charge in [0.15, 0.2) is 5.96 Å². The quantitative estimate of drug-likeness (QED) is 0.538. The van der Waals surface area contributed by atoms with Crippen molar-refractivity contribution in [1.82, 2.24) is 9.88 Å². The maximum absolute atomic E-state index is 11.4. The van der Waals surface area contributed by atoms with Crippen LogP contribution >= 0.6 is 0 Å². The van der Waals surface area contributed by atoms with Gasteiger partial charge in [-0.15, -0.1) is 0 Å². The van der Waals surface area contributed by atoms with Gasteiger partial charge in [0.2, 0.25) is 5.91 Å². The molecule has 7 nitrogen and oxygen atoms in total. The first-order valence-electron chi connectivity index (χ1n) is 6.64. The van der Waals surface area contributed by atoms with E-state index in [0.29, 0.717) is 5.82 Å². The van der Waals surface area contributed by atoms with E-state index in [0.717, 1.165) is 38.3 Å². The smallest absolute Gasteiger partial charge is 0.219 e. The molecule has 4 N–H and O–H groups in total. The lowest BCUT2D eigenvalue weighted by Crippen LogP contribution is -2.33. The van der Waals surface area contributed by atoms with E-state index in [2.05, 4.69) is 15.2 Å². The van der Waals surface area contributed by atoms with Crippen LogP contribution in [0.3, 0.4) is 0 Å². The molecule has 2 heterocycles. The van der Waals surface area contributed by atoms with Crippen molar-refractivity contribution in [2.45, 2.75) is 13.3 Å². The first kappa shape index (κ1) is 14.1. The first-order valence-corrected chi connectivity index (χ1v) is 6.64. The molecule has 20 heavy (non-hydrogen) atoms. The number of nitrogens with zero attached hydrogens (tertiary/aromatic N) is 3. The van der Waals surface area contributed by atoms with E-state index in [1.807, 2.05) is 11.0 Å². The average Bonchev–Trinajstić information content (AvgIpc) is 2.64. The standard InChI is InChI=1S/C13H20N6O/c1-10(20)18-5-2-6-19(8-7-18)11-3-4-12(16-9-11)17-13(14)15/h3-4,9H,2,5-8H2,1H3,(H4,14,15,16,17). The van der Waals surface area contributed by atoms with Crippen LogP contribution in [0, 0.1) is 5.41 Å². The Labute approximate surface area is 118 Å². The molecular weight excluding hydrogens is 256 g/mol. The maximum Gasteiger partial charge on any atom is 0.219 e. The molecule has 108 valence electrons.